The monoisotopic (exact) mass is 397 g/mol. The molecule has 1 aromatic carbocycles. The maximum absolute atomic E-state index is 12.7. The zero-order valence-corrected chi connectivity index (χ0v) is 17.4. The highest BCUT2D eigenvalue weighted by Gasteiger charge is 2.27. The summed E-state index contributed by atoms with van der Waals surface area (Å²) in [5.74, 6) is -0.0397. The maximum atomic E-state index is 12.7. The molecule has 0 aliphatic carbocycles. The molecule has 0 fully saturated rings. The van der Waals surface area contributed by atoms with E-state index in [9.17, 15) is 9.59 Å². The van der Waals surface area contributed by atoms with Gasteiger partial charge in [-0.1, -0.05) is 30.3 Å². The number of benzene rings is 1. The number of amides is 2. The van der Waals surface area contributed by atoms with Crippen LogP contribution in [0.15, 0.2) is 30.3 Å². The molecule has 156 valence electrons. The zero-order valence-electron chi connectivity index (χ0n) is 17.4. The lowest BCUT2D eigenvalue weighted by atomic mass is 10.1. The van der Waals surface area contributed by atoms with Crippen molar-refractivity contribution in [3.05, 3.63) is 53.1 Å². The summed E-state index contributed by atoms with van der Waals surface area (Å²) in [7, 11) is 3.92. The molecule has 1 aromatic heterocycles. The van der Waals surface area contributed by atoms with Crippen molar-refractivity contribution >= 4 is 11.8 Å². The molecule has 1 aliphatic heterocycles. The van der Waals surface area contributed by atoms with Crippen molar-refractivity contribution < 1.29 is 9.59 Å². The Hall–Kier alpha value is -2.67. The first-order chi connectivity index (χ1) is 14.1. The van der Waals surface area contributed by atoms with Gasteiger partial charge in [-0.05, 0) is 51.8 Å². The summed E-state index contributed by atoms with van der Waals surface area (Å²) in [5.41, 5.74) is 2.55. The number of fused-ring (bicyclic) bond motifs is 1. The van der Waals surface area contributed by atoms with E-state index in [0.717, 1.165) is 50.9 Å². The van der Waals surface area contributed by atoms with Crippen LogP contribution in [-0.2, 0) is 19.4 Å². The zero-order chi connectivity index (χ0) is 20.6. The third-order valence-corrected chi connectivity index (χ3v) is 5.15. The second-order valence-electron chi connectivity index (χ2n) is 7.74. The number of carbonyl (C=O) groups excluding carboxylic acids is 2. The lowest BCUT2D eigenvalue weighted by molar-refractivity contribution is 0.0935. The van der Waals surface area contributed by atoms with Crippen LogP contribution in [0.3, 0.4) is 0 Å². The maximum Gasteiger partial charge on any atom is 0.287 e. The van der Waals surface area contributed by atoms with Crippen LogP contribution < -0.4 is 10.6 Å². The Kier molecular flexibility index (Phi) is 7.41. The molecule has 7 heteroatoms. The van der Waals surface area contributed by atoms with Gasteiger partial charge in [-0.2, -0.15) is 0 Å². The Balaban J connectivity index is 1.61. The Morgan fingerprint density at radius 3 is 2.59 bits per heavy atom. The van der Waals surface area contributed by atoms with Gasteiger partial charge in [0.2, 0.25) is 0 Å². The number of aromatic nitrogens is 2. The van der Waals surface area contributed by atoms with E-state index in [1.807, 2.05) is 41.8 Å². The first-order valence-electron chi connectivity index (χ1n) is 10.4. The summed E-state index contributed by atoms with van der Waals surface area (Å²) in [6.07, 6.45) is 4.58. The molecule has 7 nitrogen and oxygen atoms in total. The van der Waals surface area contributed by atoms with Gasteiger partial charge in [-0.25, -0.2) is 4.98 Å². The molecule has 0 spiro atoms. The molecule has 2 heterocycles. The van der Waals surface area contributed by atoms with Crippen molar-refractivity contribution in [3.8, 4) is 0 Å². The molecule has 0 bridgehead atoms. The largest absolute Gasteiger partial charge is 0.351 e. The Morgan fingerprint density at radius 2 is 1.83 bits per heavy atom. The number of hydrogen-bond acceptors (Lipinski definition) is 4. The van der Waals surface area contributed by atoms with Crippen molar-refractivity contribution in [3.63, 3.8) is 0 Å². The van der Waals surface area contributed by atoms with Gasteiger partial charge in [-0.15, -0.1) is 0 Å². The SMILES string of the molecule is CN(C)CCNC(=O)c1nc(C(=O)NCCCc2ccccc2)c2n1CCCC2. The predicted molar refractivity (Wildman–Crippen MR) is 113 cm³/mol. The number of nitrogens with zero attached hydrogens (tertiary/aromatic N) is 3. The molecule has 29 heavy (non-hydrogen) atoms. The van der Waals surface area contributed by atoms with Crippen LogP contribution in [0.5, 0.6) is 0 Å². The third kappa shape index (κ3) is 5.67. The average Bonchev–Trinajstić information content (AvgIpc) is 3.11. The molecule has 0 atom stereocenters. The first-order valence-corrected chi connectivity index (χ1v) is 10.4. The number of likely N-dealkylation sites (N-methyl/N-ethyl adjacent to an activating group) is 1. The Bertz CT molecular complexity index is 829. The van der Waals surface area contributed by atoms with E-state index >= 15 is 0 Å². The lowest BCUT2D eigenvalue weighted by Crippen LogP contribution is -2.33. The van der Waals surface area contributed by atoms with Crippen molar-refractivity contribution in [1.82, 2.24) is 25.1 Å². The topological polar surface area (TPSA) is 79.3 Å². The number of aryl methyl sites for hydroxylation is 1. The summed E-state index contributed by atoms with van der Waals surface area (Å²) in [5, 5.41) is 5.88. The highest BCUT2D eigenvalue weighted by Crippen LogP contribution is 2.21. The van der Waals surface area contributed by atoms with Gasteiger partial charge in [0.1, 0.15) is 5.69 Å². The number of carbonyl (C=O) groups is 2. The van der Waals surface area contributed by atoms with Gasteiger partial charge < -0.3 is 20.1 Å². The molecule has 2 aromatic rings. The minimum atomic E-state index is -0.210. The van der Waals surface area contributed by atoms with E-state index in [1.54, 1.807) is 0 Å². The standard InChI is InChI=1S/C22H31N5O2/c1-26(2)16-14-24-22(29)20-25-19(18-12-6-7-15-27(18)20)21(28)23-13-8-11-17-9-4-3-5-10-17/h3-5,9-10H,6-8,11-16H2,1-2H3,(H,23,28)(H,24,29). The van der Waals surface area contributed by atoms with Crippen LogP contribution in [0.4, 0.5) is 0 Å². The van der Waals surface area contributed by atoms with E-state index < -0.39 is 0 Å². The molecule has 0 saturated carbocycles. The van der Waals surface area contributed by atoms with Crippen LogP contribution in [-0.4, -0.2) is 60.0 Å². The molecular weight excluding hydrogens is 366 g/mol. The molecule has 3 rings (SSSR count). The van der Waals surface area contributed by atoms with Crippen LogP contribution in [0.1, 0.15) is 51.6 Å². The predicted octanol–water partition coefficient (Wildman–Crippen LogP) is 1.87. The van der Waals surface area contributed by atoms with Crippen molar-refractivity contribution in [2.24, 2.45) is 0 Å². The second-order valence-corrected chi connectivity index (χ2v) is 7.74. The molecule has 2 N–H and O–H groups in total. The minimum Gasteiger partial charge on any atom is -0.351 e. The molecular formula is C22H31N5O2. The van der Waals surface area contributed by atoms with E-state index in [2.05, 4.69) is 27.8 Å². The van der Waals surface area contributed by atoms with E-state index in [1.165, 1.54) is 5.56 Å². The summed E-state index contributed by atoms with van der Waals surface area (Å²) in [4.78, 5) is 31.8. The minimum absolute atomic E-state index is 0.184. The average molecular weight is 398 g/mol. The fraction of sp³-hybridized carbons (Fsp3) is 0.500. The van der Waals surface area contributed by atoms with Gasteiger partial charge in [-0.3, -0.25) is 9.59 Å². The Morgan fingerprint density at radius 1 is 1.07 bits per heavy atom. The highest BCUT2D eigenvalue weighted by atomic mass is 16.2. The number of rotatable bonds is 9. The van der Waals surface area contributed by atoms with Gasteiger partial charge >= 0.3 is 0 Å². The fourth-order valence-electron chi connectivity index (χ4n) is 3.59. The Labute approximate surface area is 172 Å². The van der Waals surface area contributed by atoms with Crippen molar-refractivity contribution in [2.75, 3.05) is 33.7 Å². The van der Waals surface area contributed by atoms with Crippen LogP contribution in [0, 0.1) is 0 Å². The van der Waals surface area contributed by atoms with Crippen LogP contribution in [0.2, 0.25) is 0 Å². The number of imidazole rings is 1. The number of hydrogen-bond donors (Lipinski definition) is 2. The smallest absolute Gasteiger partial charge is 0.287 e. The summed E-state index contributed by atoms with van der Waals surface area (Å²) in [6, 6.07) is 10.2. The van der Waals surface area contributed by atoms with Gasteiger partial charge in [0.05, 0.1) is 5.69 Å². The normalized spacial score (nSPS) is 13.2. The van der Waals surface area contributed by atoms with Gasteiger partial charge in [0.15, 0.2) is 5.82 Å². The van der Waals surface area contributed by atoms with E-state index in [4.69, 9.17) is 0 Å². The molecule has 0 radical (unpaired) electrons. The first kappa shape index (κ1) is 21.0. The van der Waals surface area contributed by atoms with Gasteiger partial charge in [0, 0.05) is 26.2 Å². The molecule has 0 saturated heterocycles. The van der Waals surface area contributed by atoms with E-state index in [-0.39, 0.29) is 11.8 Å². The van der Waals surface area contributed by atoms with Crippen molar-refractivity contribution in [2.45, 2.75) is 38.6 Å². The van der Waals surface area contributed by atoms with Crippen LogP contribution >= 0.6 is 0 Å². The summed E-state index contributed by atoms with van der Waals surface area (Å²) < 4.78 is 1.92. The fourth-order valence-corrected chi connectivity index (χ4v) is 3.59. The summed E-state index contributed by atoms with van der Waals surface area (Å²) in [6.45, 7) is 2.63. The molecule has 2 amide bonds. The van der Waals surface area contributed by atoms with Crippen LogP contribution in [0.25, 0.3) is 0 Å². The second kappa shape index (κ2) is 10.2. The highest BCUT2D eigenvalue weighted by molar-refractivity contribution is 5.97. The number of nitrogens with one attached hydrogen (secondary N) is 2. The van der Waals surface area contributed by atoms with Crippen molar-refractivity contribution in [1.29, 1.82) is 0 Å². The van der Waals surface area contributed by atoms with Gasteiger partial charge in [0.25, 0.3) is 11.8 Å². The molecule has 0 unspecified atom stereocenters. The summed E-state index contributed by atoms with van der Waals surface area (Å²) >= 11 is 0. The lowest BCUT2D eigenvalue weighted by Gasteiger charge is -2.17. The molecule has 1 aliphatic rings. The van der Waals surface area contributed by atoms with E-state index in [0.29, 0.717) is 24.6 Å². The quantitative estimate of drug-likeness (QED) is 0.633. The third-order valence-electron chi connectivity index (χ3n) is 5.15.